The maximum atomic E-state index is 12.3. The molecule has 152 valence electrons. The highest BCUT2D eigenvalue weighted by Gasteiger charge is 2.33. The van der Waals surface area contributed by atoms with Gasteiger partial charge in [0.25, 0.3) is 0 Å². The maximum Gasteiger partial charge on any atom is 0.411 e. The molecule has 0 radical (unpaired) electrons. The summed E-state index contributed by atoms with van der Waals surface area (Å²) in [6, 6.07) is 14.2. The third-order valence-corrected chi connectivity index (χ3v) is 4.74. The van der Waals surface area contributed by atoms with E-state index in [1.54, 1.807) is 4.90 Å². The lowest BCUT2D eigenvalue weighted by Crippen LogP contribution is -2.42. The number of rotatable bonds is 9. The van der Waals surface area contributed by atoms with Gasteiger partial charge in [0.15, 0.2) is 6.10 Å². The third-order valence-electron chi connectivity index (χ3n) is 4.74. The second-order valence-electron chi connectivity index (χ2n) is 8.48. The Morgan fingerprint density at radius 1 is 1.07 bits per heavy atom. The molecule has 1 aliphatic rings. The van der Waals surface area contributed by atoms with Gasteiger partial charge in [0.2, 0.25) is 0 Å². The molecule has 2 aromatic rings. The number of fused-ring (bicyclic) bond motifs is 1. The van der Waals surface area contributed by atoms with Crippen LogP contribution in [0.1, 0.15) is 27.7 Å². The van der Waals surface area contributed by atoms with E-state index >= 15 is 0 Å². The normalized spacial score (nSPS) is 17.2. The van der Waals surface area contributed by atoms with Gasteiger partial charge in [0, 0.05) is 18.5 Å². The van der Waals surface area contributed by atoms with Crippen LogP contribution in [-0.4, -0.2) is 54.9 Å². The molecule has 1 amide bonds. The van der Waals surface area contributed by atoms with Crippen LogP contribution in [-0.2, 0) is 4.74 Å². The number of carbonyl (C=O) groups excluding carboxylic acids is 1. The molecular weight excluding hydrogens is 352 g/mol. The van der Waals surface area contributed by atoms with Gasteiger partial charge in [-0.3, -0.25) is 9.80 Å². The van der Waals surface area contributed by atoms with Gasteiger partial charge in [-0.15, -0.1) is 0 Å². The van der Waals surface area contributed by atoms with Gasteiger partial charge in [0.05, 0.1) is 13.2 Å². The first-order chi connectivity index (χ1) is 13.4. The van der Waals surface area contributed by atoms with Crippen molar-refractivity contribution in [2.75, 3.05) is 32.9 Å². The zero-order valence-corrected chi connectivity index (χ0v) is 17.4. The molecule has 0 unspecified atom stereocenters. The Balaban J connectivity index is 1.58. The number of ether oxygens (including phenoxy) is 2. The molecular formula is C23H32N2O3. The zero-order chi connectivity index (χ0) is 20.1. The molecule has 0 spiro atoms. The molecule has 5 nitrogen and oxygen atoms in total. The maximum absolute atomic E-state index is 12.3. The number of cyclic esters (lactones) is 1. The molecule has 0 N–H and O–H groups in total. The summed E-state index contributed by atoms with van der Waals surface area (Å²) in [7, 11) is 0. The van der Waals surface area contributed by atoms with Crippen molar-refractivity contribution >= 4 is 16.9 Å². The van der Waals surface area contributed by atoms with E-state index in [1.165, 1.54) is 0 Å². The Bertz CT molecular complexity index is 775. The monoisotopic (exact) mass is 384 g/mol. The summed E-state index contributed by atoms with van der Waals surface area (Å²) in [4.78, 5) is 16.5. The minimum absolute atomic E-state index is 0.244. The highest BCUT2D eigenvalue weighted by Crippen LogP contribution is 2.26. The first-order valence-electron chi connectivity index (χ1n) is 10.2. The van der Waals surface area contributed by atoms with Crippen molar-refractivity contribution in [2.45, 2.75) is 33.8 Å². The van der Waals surface area contributed by atoms with Crippen LogP contribution in [0, 0.1) is 11.8 Å². The third kappa shape index (κ3) is 5.38. The number of benzene rings is 2. The Morgan fingerprint density at radius 2 is 1.75 bits per heavy atom. The fourth-order valence-corrected chi connectivity index (χ4v) is 3.75. The van der Waals surface area contributed by atoms with E-state index in [2.05, 4.69) is 44.7 Å². The van der Waals surface area contributed by atoms with Gasteiger partial charge in [-0.2, -0.15) is 0 Å². The van der Waals surface area contributed by atoms with Gasteiger partial charge < -0.3 is 9.47 Å². The van der Waals surface area contributed by atoms with Crippen molar-refractivity contribution in [3.8, 4) is 5.75 Å². The topological polar surface area (TPSA) is 42.0 Å². The summed E-state index contributed by atoms with van der Waals surface area (Å²) in [6.07, 6.45) is -0.490. The van der Waals surface area contributed by atoms with Gasteiger partial charge >= 0.3 is 6.09 Å². The Morgan fingerprint density at radius 3 is 2.46 bits per heavy atom. The molecule has 0 aromatic heterocycles. The number of carbonyl (C=O) groups is 1. The van der Waals surface area contributed by atoms with Crippen molar-refractivity contribution in [1.82, 2.24) is 9.80 Å². The molecule has 5 heteroatoms. The van der Waals surface area contributed by atoms with Crippen molar-refractivity contribution in [2.24, 2.45) is 11.8 Å². The van der Waals surface area contributed by atoms with Crippen LogP contribution in [0.3, 0.4) is 0 Å². The van der Waals surface area contributed by atoms with Crippen LogP contribution in [0.25, 0.3) is 10.8 Å². The highest BCUT2D eigenvalue weighted by atomic mass is 16.6. The summed E-state index contributed by atoms with van der Waals surface area (Å²) in [5.41, 5.74) is 0. The lowest BCUT2D eigenvalue weighted by atomic mass is 10.1. The zero-order valence-electron chi connectivity index (χ0n) is 17.4. The number of hydrogen-bond donors (Lipinski definition) is 0. The minimum Gasteiger partial charge on any atom is -0.489 e. The molecule has 0 saturated carbocycles. The van der Waals surface area contributed by atoms with E-state index in [0.717, 1.165) is 29.6 Å². The molecule has 28 heavy (non-hydrogen) atoms. The molecule has 1 atom stereocenters. The van der Waals surface area contributed by atoms with E-state index in [-0.39, 0.29) is 12.2 Å². The predicted octanol–water partition coefficient (Wildman–Crippen LogP) is 4.61. The van der Waals surface area contributed by atoms with Crippen molar-refractivity contribution < 1.29 is 14.3 Å². The number of hydrogen-bond acceptors (Lipinski definition) is 4. The molecule has 3 rings (SSSR count). The summed E-state index contributed by atoms with van der Waals surface area (Å²) >= 11 is 0. The quantitative estimate of drug-likeness (QED) is 0.633. The van der Waals surface area contributed by atoms with Crippen LogP contribution in [0.2, 0.25) is 0 Å². The number of nitrogens with zero attached hydrogens (tertiary/aromatic N) is 2. The van der Waals surface area contributed by atoms with Crippen LogP contribution >= 0.6 is 0 Å². The average molecular weight is 385 g/mol. The Labute approximate surface area is 168 Å². The summed E-state index contributed by atoms with van der Waals surface area (Å²) in [5, 5.41) is 2.22. The van der Waals surface area contributed by atoms with E-state index < -0.39 is 0 Å². The van der Waals surface area contributed by atoms with Gasteiger partial charge in [-0.1, -0.05) is 64.1 Å². The van der Waals surface area contributed by atoms with Crippen molar-refractivity contribution in [1.29, 1.82) is 0 Å². The first kappa shape index (κ1) is 20.5. The van der Waals surface area contributed by atoms with Crippen LogP contribution in [0.4, 0.5) is 4.79 Å². The predicted molar refractivity (Wildman–Crippen MR) is 113 cm³/mol. The minimum atomic E-state index is -0.246. The molecule has 1 saturated heterocycles. The van der Waals surface area contributed by atoms with Crippen LogP contribution in [0.15, 0.2) is 42.5 Å². The van der Waals surface area contributed by atoms with Crippen LogP contribution < -0.4 is 4.74 Å². The standard InChI is InChI=1S/C23H32N2O3/c1-17(2)12-24(13-18(3)4)16-25-14-20(28-23(25)26)15-27-22-11-7-9-19-8-5-6-10-21(19)22/h5-11,17-18,20H,12-16H2,1-4H3/t20-/m0/s1. The Hall–Kier alpha value is -2.27. The van der Waals surface area contributed by atoms with E-state index in [9.17, 15) is 4.79 Å². The largest absolute Gasteiger partial charge is 0.489 e. The van der Waals surface area contributed by atoms with Gasteiger partial charge in [0.1, 0.15) is 12.4 Å². The number of amides is 1. The van der Waals surface area contributed by atoms with Gasteiger partial charge in [-0.25, -0.2) is 4.79 Å². The van der Waals surface area contributed by atoms with E-state index in [1.807, 2.05) is 30.3 Å². The summed E-state index contributed by atoms with van der Waals surface area (Å²) < 4.78 is 11.6. The second-order valence-corrected chi connectivity index (χ2v) is 8.48. The summed E-state index contributed by atoms with van der Waals surface area (Å²) in [5.74, 6) is 1.94. The summed E-state index contributed by atoms with van der Waals surface area (Å²) in [6.45, 7) is 12.3. The van der Waals surface area contributed by atoms with Gasteiger partial charge in [-0.05, 0) is 23.3 Å². The van der Waals surface area contributed by atoms with Crippen LogP contribution in [0.5, 0.6) is 5.75 Å². The van der Waals surface area contributed by atoms with Crippen molar-refractivity contribution in [3.05, 3.63) is 42.5 Å². The SMILES string of the molecule is CC(C)CN(CC(C)C)CN1C[C@@H](COc2cccc3ccccc23)OC1=O. The van der Waals surface area contributed by atoms with E-state index in [4.69, 9.17) is 9.47 Å². The highest BCUT2D eigenvalue weighted by molar-refractivity contribution is 5.88. The fraction of sp³-hybridized carbons (Fsp3) is 0.522. The second kappa shape index (κ2) is 9.28. The molecule has 0 aliphatic carbocycles. The van der Waals surface area contributed by atoms with Crippen molar-refractivity contribution in [3.63, 3.8) is 0 Å². The fourth-order valence-electron chi connectivity index (χ4n) is 3.75. The molecule has 1 aliphatic heterocycles. The Kier molecular flexibility index (Phi) is 6.79. The lowest BCUT2D eigenvalue weighted by molar-refractivity contribution is 0.0980. The average Bonchev–Trinajstić information content (AvgIpc) is 2.98. The lowest BCUT2D eigenvalue weighted by Gasteiger charge is -2.29. The molecule has 1 fully saturated rings. The smallest absolute Gasteiger partial charge is 0.411 e. The molecule has 1 heterocycles. The molecule has 0 bridgehead atoms. The first-order valence-corrected chi connectivity index (χ1v) is 10.2. The molecule has 2 aromatic carbocycles. The van der Waals surface area contributed by atoms with E-state index in [0.29, 0.717) is 31.7 Å².